The molecule has 3 nitrogen and oxygen atoms in total. The number of pyridine rings is 1. The molecule has 1 aromatic heterocycles. The van der Waals surface area contributed by atoms with Crippen molar-refractivity contribution in [2.24, 2.45) is 7.05 Å². The largest absolute Gasteiger partial charge is 0.433 e. The van der Waals surface area contributed by atoms with E-state index in [9.17, 15) is 4.79 Å². The van der Waals surface area contributed by atoms with Gasteiger partial charge in [-0.1, -0.05) is 19.9 Å². The van der Waals surface area contributed by atoms with Crippen LogP contribution in [0.5, 0.6) is 0 Å². The van der Waals surface area contributed by atoms with E-state index in [0.717, 1.165) is 11.3 Å². The number of nitrogens with zero attached hydrogens (tertiary/aromatic N) is 1. The molecule has 0 bridgehead atoms. The molecule has 0 saturated heterocycles. The van der Waals surface area contributed by atoms with E-state index < -0.39 is 0 Å². The summed E-state index contributed by atoms with van der Waals surface area (Å²) in [5, 5.41) is 2.43. The van der Waals surface area contributed by atoms with Crippen LogP contribution in [0.15, 0.2) is 23.6 Å². The standard InChI is InChI=1S/C12H17BN2O/c1-6-12(3,4)10-8(2)15(5)7-9(14-13)11(10)16/h6-7,14H,1H2,2-5H3. The van der Waals surface area contributed by atoms with Gasteiger partial charge in [0.1, 0.15) is 0 Å². The summed E-state index contributed by atoms with van der Waals surface area (Å²) >= 11 is 0. The lowest BCUT2D eigenvalue weighted by molar-refractivity contribution is 0.641. The minimum Gasteiger partial charge on any atom is -0.433 e. The van der Waals surface area contributed by atoms with E-state index in [1.54, 1.807) is 12.3 Å². The van der Waals surface area contributed by atoms with Gasteiger partial charge in [-0.05, 0) is 6.92 Å². The Morgan fingerprint density at radius 2 is 2.12 bits per heavy atom. The molecule has 0 aromatic carbocycles. The molecule has 1 aromatic rings. The van der Waals surface area contributed by atoms with Crippen LogP contribution in [-0.2, 0) is 12.5 Å². The van der Waals surface area contributed by atoms with Crippen LogP contribution in [0.3, 0.4) is 0 Å². The van der Waals surface area contributed by atoms with E-state index in [2.05, 4.69) is 11.8 Å². The number of hydrogen-bond acceptors (Lipinski definition) is 2. The molecule has 0 atom stereocenters. The van der Waals surface area contributed by atoms with Crippen LogP contribution in [-0.4, -0.2) is 12.5 Å². The zero-order chi connectivity index (χ0) is 12.5. The first-order valence-electron chi connectivity index (χ1n) is 5.16. The predicted octanol–water partition coefficient (Wildman–Crippen LogP) is 1.65. The molecule has 0 aliphatic rings. The van der Waals surface area contributed by atoms with Crippen molar-refractivity contribution in [2.45, 2.75) is 26.2 Å². The second-order valence-electron chi connectivity index (χ2n) is 4.51. The van der Waals surface area contributed by atoms with Crippen molar-refractivity contribution in [1.82, 2.24) is 4.57 Å². The lowest BCUT2D eigenvalue weighted by Gasteiger charge is -2.24. The molecule has 1 rings (SSSR count). The van der Waals surface area contributed by atoms with E-state index in [-0.39, 0.29) is 10.8 Å². The maximum Gasteiger partial charge on any atom is 0.222 e. The van der Waals surface area contributed by atoms with E-state index in [4.69, 9.17) is 7.98 Å². The molecule has 2 radical (unpaired) electrons. The van der Waals surface area contributed by atoms with E-state index >= 15 is 0 Å². The number of nitrogens with one attached hydrogen (secondary N) is 1. The quantitative estimate of drug-likeness (QED) is 0.615. The van der Waals surface area contributed by atoms with Crippen LogP contribution in [0.4, 0.5) is 5.69 Å². The third kappa shape index (κ3) is 1.92. The molecule has 1 heterocycles. The summed E-state index contributed by atoms with van der Waals surface area (Å²) in [6, 6.07) is 0. The molecule has 84 valence electrons. The SMILES string of the molecule is [B]Nc1cn(C)c(C)c(C(C)(C)C=C)c1=O. The Labute approximate surface area is 97.6 Å². The summed E-state index contributed by atoms with van der Waals surface area (Å²) in [7, 11) is 7.22. The normalized spacial score (nSPS) is 11.2. The van der Waals surface area contributed by atoms with Gasteiger partial charge in [0.25, 0.3) is 0 Å². The van der Waals surface area contributed by atoms with Gasteiger partial charge in [-0.15, -0.1) is 6.58 Å². The van der Waals surface area contributed by atoms with Gasteiger partial charge in [0.05, 0.1) is 5.69 Å². The Morgan fingerprint density at radius 1 is 1.56 bits per heavy atom. The third-order valence-corrected chi connectivity index (χ3v) is 3.00. The molecule has 16 heavy (non-hydrogen) atoms. The Bertz CT molecular complexity index is 475. The van der Waals surface area contributed by atoms with E-state index in [1.165, 1.54) is 0 Å². The number of rotatable bonds is 3. The number of hydrogen-bond donors (Lipinski definition) is 1. The summed E-state index contributed by atoms with van der Waals surface area (Å²) in [6.45, 7) is 9.62. The maximum atomic E-state index is 12.2. The van der Waals surface area contributed by atoms with Crippen molar-refractivity contribution in [1.29, 1.82) is 0 Å². The number of allylic oxidation sites excluding steroid dienone is 1. The van der Waals surface area contributed by atoms with Crippen LogP contribution in [0, 0.1) is 6.92 Å². The Kier molecular flexibility index (Phi) is 3.31. The molecule has 0 saturated carbocycles. The molecular weight excluding hydrogens is 199 g/mol. The highest BCUT2D eigenvalue weighted by atomic mass is 16.1. The topological polar surface area (TPSA) is 34.0 Å². The molecular formula is C12H17BN2O. The number of anilines is 1. The first-order valence-corrected chi connectivity index (χ1v) is 5.16. The summed E-state index contributed by atoms with van der Waals surface area (Å²) in [5.41, 5.74) is 1.61. The average Bonchev–Trinajstić information content (AvgIpc) is 2.23. The van der Waals surface area contributed by atoms with Crippen LogP contribution in [0.1, 0.15) is 25.1 Å². The Balaban J connectivity index is 3.67. The lowest BCUT2D eigenvalue weighted by Crippen LogP contribution is -2.29. The molecule has 0 aliphatic heterocycles. The van der Waals surface area contributed by atoms with Gasteiger partial charge < -0.3 is 9.79 Å². The highest BCUT2D eigenvalue weighted by molar-refractivity contribution is 6.15. The second kappa shape index (κ2) is 4.20. The van der Waals surface area contributed by atoms with Gasteiger partial charge in [-0.2, -0.15) is 0 Å². The molecule has 0 fully saturated rings. The van der Waals surface area contributed by atoms with Crippen molar-refractivity contribution in [2.75, 3.05) is 5.23 Å². The smallest absolute Gasteiger partial charge is 0.222 e. The van der Waals surface area contributed by atoms with Crippen molar-refractivity contribution < 1.29 is 0 Å². The summed E-state index contributed by atoms with van der Waals surface area (Å²) in [6.07, 6.45) is 3.47. The molecule has 0 amide bonds. The second-order valence-corrected chi connectivity index (χ2v) is 4.51. The van der Waals surface area contributed by atoms with Gasteiger partial charge in [-0.25, -0.2) is 0 Å². The fourth-order valence-electron chi connectivity index (χ4n) is 1.79. The van der Waals surface area contributed by atoms with Crippen LogP contribution in [0.25, 0.3) is 0 Å². The average molecular weight is 216 g/mol. The predicted molar refractivity (Wildman–Crippen MR) is 69.0 cm³/mol. The number of aryl methyl sites for hydroxylation is 1. The fourth-order valence-corrected chi connectivity index (χ4v) is 1.79. The van der Waals surface area contributed by atoms with Gasteiger partial charge in [0, 0.05) is 29.9 Å². The zero-order valence-corrected chi connectivity index (χ0v) is 10.3. The van der Waals surface area contributed by atoms with E-state index in [0.29, 0.717) is 5.69 Å². The highest BCUT2D eigenvalue weighted by Crippen LogP contribution is 2.25. The Morgan fingerprint density at radius 3 is 2.56 bits per heavy atom. The van der Waals surface area contributed by atoms with Gasteiger partial charge >= 0.3 is 0 Å². The van der Waals surface area contributed by atoms with Crippen LogP contribution >= 0.6 is 0 Å². The summed E-state index contributed by atoms with van der Waals surface area (Å²) < 4.78 is 1.89. The first kappa shape index (κ1) is 12.6. The first-order chi connectivity index (χ1) is 7.35. The van der Waals surface area contributed by atoms with Crippen molar-refractivity contribution in [3.63, 3.8) is 0 Å². The lowest BCUT2D eigenvalue weighted by atomic mass is 9.83. The summed E-state index contributed by atoms with van der Waals surface area (Å²) in [5.74, 6) is 0. The van der Waals surface area contributed by atoms with Crippen molar-refractivity contribution in [3.8, 4) is 0 Å². The van der Waals surface area contributed by atoms with Crippen LogP contribution < -0.4 is 10.7 Å². The third-order valence-electron chi connectivity index (χ3n) is 3.00. The zero-order valence-electron chi connectivity index (χ0n) is 10.3. The maximum absolute atomic E-state index is 12.2. The van der Waals surface area contributed by atoms with Crippen LogP contribution in [0.2, 0.25) is 0 Å². The van der Waals surface area contributed by atoms with Crippen molar-refractivity contribution >= 4 is 13.7 Å². The molecule has 0 spiro atoms. The van der Waals surface area contributed by atoms with Gasteiger partial charge in [-0.3, -0.25) is 4.79 Å². The van der Waals surface area contributed by atoms with Crippen molar-refractivity contribution in [3.05, 3.63) is 40.3 Å². The van der Waals surface area contributed by atoms with E-state index in [1.807, 2.05) is 32.4 Å². The summed E-state index contributed by atoms with van der Waals surface area (Å²) in [4.78, 5) is 12.2. The minimum absolute atomic E-state index is 0.0667. The number of aromatic nitrogens is 1. The molecule has 4 heteroatoms. The molecule has 1 N–H and O–H groups in total. The highest BCUT2D eigenvalue weighted by Gasteiger charge is 2.24. The van der Waals surface area contributed by atoms with Gasteiger partial charge in [0.15, 0.2) is 0 Å². The minimum atomic E-state index is -0.369. The fraction of sp³-hybridized carbons (Fsp3) is 0.417. The monoisotopic (exact) mass is 216 g/mol. The molecule has 0 aliphatic carbocycles. The van der Waals surface area contributed by atoms with Gasteiger partial charge in [0.2, 0.25) is 13.4 Å². The Hall–Kier alpha value is -1.45. The molecule has 0 unspecified atom stereocenters.